The van der Waals surface area contributed by atoms with Gasteiger partial charge in [-0.2, -0.15) is 0 Å². The molecule has 0 amide bonds. The molecule has 6 atom stereocenters. The van der Waals surface area contributed by atoms with Gasteiger partial charge < -0.3 is 34.6 Å². The molecule has 104 valence electrons. The van der Waals surface area contributed by atoms with Crippen LogP contribution in [-0.2, 0) is 19.0 Å². The van der Waals surface area contributed by atoms with E-state index in [0.29, 0.717) is 6.42 Å². The van der Waals surface area contributed by atoms with Gasteiger partial charge in [0.05, 0.1) is 13.2 Å². The first-order valence-electron chi connectivity index (χ1n) is 5.67. The number of rotatable bonds is 3. The minimum Gasteiger partial charge on any atom is -0.464 e. The van der Waals surface area contributed by atoms with Crippen LogP contribution in [-0.4, -0.2) is 76.4 Å². The number of aliphatic hydroxyl groups excluding tert-OH is 4. The van der Waals surface area contributed by atoms with Crippen molar-refractivity contribution in [3.63, 3.8) is 0 Å². The Hall–Kier alpha value is -0.770. The quantitative estimate of drug-likeness (QED) is 0.400. The summed E-state index contributed by atoms with van der Waals surface area (Å²) in [6.45, 7) is -0.319. The average Bonchev–Trinajstić information content (AvgIpc) is 2.76. The third kappa shape index (κ3) is 2.48. The topological polar surface area (TPSA) is 126 Å². The molecular formula is C10H16O8. The number of carbonyl (C=O) groups is 1. The molecule has 1 unspecified atom stereocenters. The third-order valence-electron chi connectivity index (χ3n) is 3.03. The molecule has 2 fully saturated rings. The molecule has 0 radical (unpaired) electrons. The van der Waals surface area contributed by atoms with E-state index < -0.39 is 49.4 Å². The highest BCUT2D eigenvalue weighted by Crippen LogP contribution is 2.24. The Balaban J connectivity index is 2.00. The fourth-order valence-electron chi connectivity index (χ4n) is 1.94. The molecule has 2 saturated heterocycles. The van der Waals surface area contributed by atoms with Gasteiger partial charge in [0.1, 0.15) is 24.4 Å². The zero-order chi connectivity index (χ0) is 13.3. The molecule has 2 aliphatic heterocycles. The molecule has 8 nitrogen and oxygen atoms in total. The highest BCUT2D eigenvalue weighted by molar-refractivity contribution is 5.76. The molecule has 18 heavy (non-hydrogen) atoms. The number of hydrogen-bond acceptors (Lipinski definition) is 8. The summed E-state index contributed by atoms with van der Waals surface area (Å²) in [5, 5.41) is 37.7. The van der Waals surface area contributed by atoms with Crippen molar-refractivity contribution in [1.29, 1.82) is 0 Å². The van der Waals surface area contributed by atoms with Gasteiger partial charge in [-0.1, -0.05) is 0 Å². The predicted molar refractivity (Wildman–Crippen MR) is 54.2 cm³/mol. The first-order valence-corrected chi connectivity index (χ1v) is 5.67. The SMILES string of the molecule is O=C1OCCC1O[C@@H]1O[C@H](CO)[C@@H](O)[C@H](O)[C@H]1O. The second kappa shape index (κ2) is 5.47. The molecule has 8 heteroatoms. The van der Waals surface area contributed by atoms with Gasteiger partial charge in [0.15, 0.2) is 12.4 Å². The van der Waals surface area contributed by atoms with E-state index >= 15 is 0 Å². The molecule has 0 bridgehead atoms. The summed E-state index contributed by atoms with van der Waals surface area (Å²) in [4.78, 5) is 11.2. The average molecular weight is 264 g/mol. The Morgan fingerprint density at radius 3 is 2.50 bits per heavy atom. The zero-order valence-electron chi connectivity index (χ0n) is 9.51. The molecule has 2 heterocycles. The first kappa shape index (κ1) is 13.7. The predicted octanol–water partition coefficient (Wildman–Crippen LogP) is -2.88. The molecule has 0 aliphatic carbocycles. The van der Waals surface area contributed by atoms with Gasteiger partial charge in [0.25, 0.3) is 0 Å². The number of hydrogen-bond donors (Lipinski definition) is 4. The number of ether oxygens (including phenoxy) is 3. The maximum Gasteiger partial charge on any atom is 0.335 e. The Labute approximate surface area is 103 Å². The van der Waals surface area contributed by atoms with Crippen LogP contribution in [0.25, 0.3) is 0 Å². The van der Waals surface area contributed by atoms with Crippen molar-refractivity contribution in [1.82, 2.24) is 0 Å². The van der Waals surface area contributed by atoms with E-state index in [2.05, 4.69) is 4.74 Å². The summed E-state index contributed by atoms with van der Waals surface area (Å²) in [6, 6.07) is 0. The standard InChI is InChI=1S/C10H16O8/c11-3-5-6(12)7(13)8(14)10(18-5)17-4-1-2-16-9(4)15/h4-8,10-14H,1-3H2/t4?,5-,6-,7+,8-,10-/m1/s1. The third-order valence-corrected chi connectivity index (χ3v) is 3.03. The van der Waals surface area contributed by atoms with Gasteiger partial charge in [0.2, 0.25) is 0 Å². The van der Waals surface area contributed by atoms with Gasteiger partial charge >= 0.3 is 5.97 Å². The minimum absolute atomic E-state index is 0.223. The number of esters is 1. The van der Waals surface area contributed by atoms with E-state index in [1.165, 1.54) is 0 Å². The van der Waals surface area contributed by atoms with Crippen LogP contribution in [0.15, 0.2) is 0 Å². The van der Waals surface area contributed by atoms with Crippen molar-refractivity contribution in [2.24, 2.45) is 0 Å². The van der Waals surface area contributed by atoms with E-state index in [-0.39, 0.29) is 6.61 Å². The largest absolute Gasteiger partial charge is 0.464 e. The summed E-state index contributed by atoms with van der Waals surface area (Å²) in [6.07, 6.45) is -7.35. The maximum absolute atomic E-state index is 11.2. The van der Waals surface area contributed by atoms with Crippen molar-refractivity contribution < 1.29 is 39.4 Å². The van der Waals surface area contributed by atoms with Gasteiger partial charge in [-0.05, 0) is 0 Å². The zero-order valence-corrected chi connectivity index (χ0v) is 9.51. The molecule has 0 aromatic heterocycles. The van der Waals surface area contributed by atoms with Crippen molar-refractivity contribution >= 4 is 5.97 Å². The first-order chi connectivity index (χ1) is 8.54. The van der Waals surface area contributed by atoms with Gasteiger partial charge in [0, 0.05) is 6.42 Å². The van der Waals surface area contributed by atoms with Crippen LogP contribution in [0.4, 0.5) is 0 Å². The molecule has 2 rings (SSSR count). The Bertz CT molecular complexity index is 306. The Morgan fingerprint density at radius 1 is 1.22 bits per heavy atom. The van der Waals surface area contributed by atoms with E-state index in [9.17, 15) is 20.1 Å². The lowest BCUT2D eigenvalue weighted by molar-refractivity contribution is -0.308. The normalized spacial score (nSPS) is 45.0. The summed E-state index contributed by atoms with van der Waals surface area (Å²) >= 11 is 0. The monoisotopic (exact) mass is 264 g/mol. The second-order valence-electron chi connectivity index (χ2n) is 4.28. The highest BCUT2D eigenvalue weighted by atomic mass is 16.7. The van der Waals surface area contributed by atoms with E-state index in [1.54, 1.807) is 0 Å². The number of cyclic esters (lactones) is 1. The Morgan fingerprint density at radius 2 is 1.94 bits per heavy atom. The van der Waals surface area contributed by atoms with E-state index in [1.807, 2.05) is 0 Å². The molecule has 0 spiro atoms. The van der Waals surface area contributed by atoms with Gasteiger partial charge in [-0.15, -0.1) is 0 Å². The van der Waals surface area contributed by atoms with E-state index in [4.69, 9.17) is 14.6 Å². The number of carbonyl (C=O) groups excluding carboxylic acids is 1. The fraction of sp³-hybridized carbons (Fsp3) is 0.900. The molecule has 0 aromatic rings. The lowest BCUT2D eigenvalue weighted by Gasteiger charge is -2.40. The summed E-state index contributed by atoms with van der Waals surface area (Å²) in [7, 11) is 0. The van der Waals surface area contributed by atoms with Crippen LogP contribution in [0.3, 0.4) is 0 Å². The molecule has 0 aromatic carbocycles. The second-order valence-corrected chi connectivity index (χ2v) is 4.28. The molecule has 0 saturated carbocycles. The molecule has 2 aliphatic rings. The van der Waals surface area contributed by atoms with Gasteiger partial charge in [-0.25, -0.2) is 4.79 Å². The number of aliphatic hydroxyl groups is 4. The Kier molecular flexibility index (Phi) is 4.15. The summed E-state index contributed by atoms with van der Waals surface area (Å²) < 4.78 is 15.0. The van der Waals surface area contributed by atoms with Gasteiger partial charge in [-0.3, -0.25) is 0 Å². The summed E-state index contributed by atoms with van der Waals surface area (Å²) in [5.74, 6) is -0.563. The van der Waals surface area contributed by atoms with Crippen molar-refractivity contribution in [2.45, 2.75) is 43.2 Å². The van der Waals surface area contributed by atoms with Crippen LogP contribution in [0.1, 0.15) is 6.42 Å². The highest BCUT2D eigenvalue weighted by Gasteiger charge is 2.46. The smallest absolute Gasteiger partial charge is 0.335 e. The maximum atomic E-state index is 11.2. The van der Waals surface area contributed by atoms with Crippen LogP contribution < -0.4 is 0 Å². The van der Waals surface area contributed by atoms with Crippen LogP contribution in [0, 0.1) is 0 Å². The molecule has 4 N–H and O–H groups in total. The van der Waals surface area contributed by atoms with Crippen LogP contribution in [0.2, 0.25) is 0 Å². The molecular weight excluding hydrogens is 248 g/mol. The van der Waals surface area contributed by atoms with Crippen LogP contribution >= 0.6 is 0 Å². The van der Waals surface area contributed by atoms with E-state index in [0.717, 1.165) is 0 Å². The minimum atomic E-state index is -1.52. The van der Waals surface area contributed by atoms with Crippen molar-refractivity contribution in [2.75, 3.05) is 13.2 Å². The van der Waals surface area contributed by atoms with Crippen molar-refractivity contribution in [3.8, 4) is 0 Å². The van der Waals surface area contributed by atoms with Crippen molar-refractivity contribution in [3.05, 3.63) is 0 Å². The lowest BCUT2D eigenvalue weighted by Crippen LogP contribution is -2.59. The summed E-state index contributed by atoms with van der Waals surface area (Å²) in [5.41, 5.74) is 0. The lowest BCUT2D eigenvalue weighted by atomic mass is 9.99. The van der Waals surface area contributed by atoms with Crippen LogP contribution in [0.5, 0.6) is 0 Å². The fourth-order valence-corrected chi connectivity index (χ4v) is 1.94.